The third-order valence-corrected chi connectivity index (χ3v) is 5.79. The number of hydrogen-bond donors (Lipinski definition) is 0. The highest BCUT2D eigenvalue weighted by atomic mass is 32.2. The molecule has 1 aliphatic rings. The van der Waals surface area contributed by atoms with E-state index in [4.69, 9.17) is 0 Å². The van der Waals surface area contributed by atoms with Crippen LogP contribution >= 0.6 is 0 Å². The Morgan fingerprint density at radius 1 is 1.30 bits per heavy atom. The fraction of sp³-hybridized carbons (Fsp3) is 0.471. The highest BCUT2D eigenvalue weighted by molar-refractivity contribution is 7.93. The first kappa shape index (κ1) is 17.5. The molecule has 6 heteroatoms. The molecular weight excluding hydrogens is 312 g/mol. The van der Waals surface area contributed by atoms with Crippen molar-refractivity contribution in [2.75, 3.05) is 30.2 Å². The minimum atomic E-state index is -3.14. The van der Waals surface area contributed by atoms with E-state index in [2.05, 4.69) is 6.92 Å². The summed E-state index contributed by atoms with van der Waals surface area (Å²) in [4.78, 5) is 13.6. The van der Waals surface area contributed by atoms with Crippen LogP contribution in [0.2, 0.25) is 0 Å². The van der Waals surface area contributed by atoms with Gasteiger partial charge in [0.25, 0.3) is 0 Å². The number of hydrogen-bond acceptors (Lipinski definition) is 3. The molecule has 1 aromatic rings. The van der Waals surface area contributed by atoms with Crippen molar-refractivity contribution in [3.8, 4) is 0 Å². The molecule has 0 atom stereocenters. The molecule has 0 bridgehead atoms. The highest BCUT2D eigenvalue weighted by Gasteiger charge is 2.28. The van der Waals surface area contributed by atoms with Crippen LogP contribution in [0.4, 0.5) is 5.69 Å². The number of unbranched alkanes of at least 4 members (excludes halogenated alkanes) is 1. The highest BCUT2D eigenvalue weighted by Crippen LogP contribution is 2.24. The number of carbonyl (C=O) groups is 1. The van der Waals surface area contributed by atoms with Gasteiger partial charge < -0.3 is 4.90 Å². The summed E-state index contributed by atoms with van der Waals surface area (Å²) in [6.07, 6.45) is 6.03. The fourth-order valence-electron chi connectivity index (χ4n) is 2.48. The number of benzene rings is 1. The largest absolute Gasteiger partial charge is 0.342 e. The summed E-state index contributed by atoms with van der Waals surface area (Å²) in [6.45, 7) is 3.39. The summed E-state index contributed by atoms with van der Waals surface area (Å²) < 4.78 is 25.2. The first-order valence-electron chi connectivity index (χ1n) is 7.97. The first-order valence-corrected chi connectivity index (χ1v) is 9.58. The van der Waals surface area contributed by atoms with E-state index in [0.29, 0.717) is 18.7 Å². The summed E-state index contributed by atoms with van der Waals surface area (Å²) in [5.74, 6) is 0.192. The van der Waals surface area contributed by atoms with Gasteiger partial charge in [0, 0.05) is 26.2 Å². The Labute approximate surface area is 138 Å². The van der Waals surface area contributed by atoms with Gasteiger partial charge in [-0.15, -0.1) is 0 Å². The van der Waals surface area contributed by atoms with Crippen molar-refractivity contribution in [2.24, 2.45) is 0 Å². The van der Waals surface area contributed by atoms with Crippen molar-refractivity contribution in [3.05, 3.63) is 35.9 Å². The van der Waals surface area contributed by atoms with E-state index in [-0.39, 0.29) is 11.7 Å². The molecule has 1 fully saturated rings. The minimum absolute atomic E-state index is 0.0235. The number of likely N-dealkylation sites (N-methyl/N-ethyl adjacent to an activating group) is 1. The van der Waals surface area contributed by atoms with Crippen molar-refractivity contribution in [3.63, 3.8) is 0 Å². The van der Waals surface area contributed by atoms with E-state index < -0.39 is 10.0 Å². The number of carbonyl (C=O) groups excluding carboxylic acids is 1. The predicted molar refractivity (Wildman–Crippen MR) is 93.8 cm³/mol. The Morgan fingerprint density at radius 3 is 2.57 bits per heavy atom. The second kappa shape index (κ2) is 7.64. The lowest BCUT2D eigenvalue weighted by Crippen LogP contribution is -2.25. The van der Waals surface area contributed by atoms with E-state index in [1.807, 2.05) is 12.1 Å². The molecule has 0 aliphatic carbocycles. The maximum absolute atomic E-state index is 11.9. The summed E-state index contributed by atoms with van der Waals surface area (Å²) in [6, 6.07) is 7.24. The molecule has 1 aromatic carbocycles. The Balaban J connectivity index is 2.00. The van der Waals surface area contributed by atoms with Crippen LogP contribution in [0.3, 0.4) is 0 Å². The topological polar surface area (TPSA) is 57.7 Å². The maximum Gasteiger partial charge on any atom is 0.246 e. The van der Waals surface area contributed by atoms with Crippen molar-refractivity contribution in [1.82, 2.24) is 4.90 Å². The van der Waals surface area contributed by atoms with Crippen LogP contribution < -0.4 is 4.31 Å². The summed E-state index contributed by atoms with van der Waals surface area (Å²) in [5.41, 5.74) is 1.56. The lowest BCUT2D eigenvalue weighted by atomic mass is 10.2. The molecule has 23 heavy (non-hydrogen) atoms. The number of sulfonamides is 1. The van der Waals surface area contributed by atoms with Gasteiger partial charge in [0.1, 0.15) is 0 Å². The molecule has 0 unspecified atom stereocenters. The molecule has 1 amide bonds. The lowest BCUT2D eigenvalue weighted by Gasteiger charge is -2.16. The third kappa shape index (κ3) is 4.58. The van der Waals surface area contributed by atoms with E-state index in [0.717, 1.165) is 24.9 Å². The van der Waals surface area contributed by atoms with Gasteiger partial charge in [-0.2, -0.15) is 0 Å². The lowest BCUT2D eigenvalue weighted by molar-refractivity contribution is -0.124. The first-order chi connectivity index (χ1) is 10.9. The number of anilines is 1. The van der Waals surface area contributed by atoms with Crippen LogP contribution in [-0.2, 0) is 14.8 Å². The quantitative estimate of drug-likeness (QED) is 0.750. The summed E-state index contributed by atoms with van der Waals surface area (Å²) in [5, 5.41) is 0. The molecule has 0 spiro atoms. The zero-order valence-electron chi connectivity index (χ0n) is 13.7. The fourth-order valence-corrected chi connectivity index (χ4v) is 4.05. The summed E-state index contributed by atoms with van der Waals surface area (Å²) >= 11 is 0. The molecule has 0 saturated carbocycles. The Morgan fingerprint density at radius 2 is 2.00 bits per heavy atom. The van der Waals surface area contributed by atoms with E-state index >= 15 is 0 Å². The van der Waals surface area contributed by atoms with Gasteiger partial charge in [0.2, 0.25) is 15.9 Å². The number of amides is 1. The SMILES string of the molecule is CCCCN(C)C(=O)/C=C/c1ccc(N2CCCS2(=O)=O)cc1. The Bertz CT molecular complexity index is 666. The molecule has 0 N–H and O–H groups in total. The van der Waals surface area contributed by atoms with Crippen molar-refractivity contribution in [2.45, 2.75) is 26.2 Å². The van der Waals surface area contributed by atoms with Gasteiger partial charge in [-0.3, -0.25) is 9.10 Å². The van der Waals surface area contributed by atoms with E-state index in [1.165, 1.54) is 4.31 Å². The molecule has 0 radical (unpaired) electrons. The monoisotopic (exact) mass is 336 g/mol. The normalized spacial score (nSPS) is 16.9. The molecular formula is C17H24N2O3S. The zero-order valence-corrected chi connectivity index (χ0v) is 14.6. The van der Waals surface area contributed by atoms with Crippen LogP contribution in [-0.4, -0.2) is 45.1 Å². The average molecular weight is 336 g/mol. The second-order valence-corrected chi connectivity index (χ2v) is 7.79. The van der Waals surface area contributed by atoms with E-state index in [1.54, 1.807) is 36.2 Å². The van der Waals surface area contributed by atoms with Crippen LogP contribution in [0.15, 0.2) is 30.3 Å². The van der Waals surface area contributed by atoms with Gasteiger partial charge in [-0.1, -0.05) is 25.5 Å². The minimum Gasteiger partial charge on any atom is -0.342 e. The molecule has 2 rings (SSSR count). The van der Waals surface area contributed by atoms with Crippen molar-refractivity contribution in [1.29, 1.82) is 0 Å². The van der Waals surface area contributed by atoms with Crippen LogP contribution in [0.25, 0.3) is 6.08 Å². The molecule has 126 valence electrons. The number of nitrogens with zero attached hydrogens (tertiary/aromatic N) is 2. The molecule has 1 heterocycles. The van der Waals surface area contributed by atoms with Crippen LogP contribution in [0, 0.1) is 0 Å². The Kier molecular flexibility index (Phi) is 5.82. The second-order valence-electron chi connectivity index (χ2n) is 5.78. The maximum atomic E-state index is 11.9. The summed E-state index contributed by atoms with van der Waals surface area (Å²) in [7, 11) is -1.35. The third-order valence-electron chi connectivity index (χ3n) is 3.92. The van der Waals surface area contributed by atoms with Crippen LogP contribution in [0.1, 0.15) is 31.7 Å². The van der Waals surface area contributed by atoms with Crippen molar-refractivity contribution >= 4 is 27.7 Å². The van der Waals surface area contributed by atoms with Gasteiger partial charge in [-0.25, -0.2) is 8.42 Å². The molecule has 0 aromatic heterocycles. The molecule has 5 nitrogen and oxygen atoms in total. The van der Waals surface area contributed by atoms with Crippen LogP contribution in [0.5, 0.6) is 0 Å². The smallest absolute Gasteiger partial charge is 0.246 e. The Hall–Kier alpha value is -1.82. The predicted octanol–water partition coefficient (Wildman–Crippen LogP) is 2.50. The molecule has 1 saturated heterocycles. The van der Waals surface area contributed by atoms with Gasteiger partial charge in [0.05, 0.1) is 11.4 Å². The van der Waals surface area contributed by atoms with Gasteiger partial charge in [0.15, 0.2) is 0 Å². The standard InChI is InChI=1S/C17H24N2O3S/c1-3-4-12-18(2)17(20)11-8-15-6-9-16(10-7-15)19-13-5-14-23(19,21)22/h6-11H,3-5,12-14H2,1-2H3/b11-8+. The van der Waals surface area contributed by atoms with Gasteiger partial charge >= 0.3 is 0 Å². The average Bonchev–Trinajstić information content (AvgIpc) is 2.90. The van der Waals surface area contributed by atoms with Crippen molar-refractivity contribution < 1.29 is 13.2 Å². The van der Waals surface area contributed by atoms with E-state index in [9.17, 15) is 13.2 Å². The van der Waals surface area contributed by atoms with Gasteiger partial charge in [-0.05, 0) is 36.6 Å². The molecule has 1 aliphatic heterocycles. The number of rotatable bonds is 6. The zero-order chi connectivity index (χ0) is 16.9.